The van der Waals surface area contributed by atoms with Gasteiger partial charge in [-0.2, -0.15) is 0 Å². The molecule has 0 fully saturated rings. The zero-order valence-electron chi connectivity index (χ0n) is 11.4. The number of nitrogens with one attached hydrogen (secondary N) is 2. The Morgan fingerprint density at radius 3 is 2.80 bits per heavy atom. The van der Waals surface area contributed by atoms with E-state index in [4.69, 9.17) is 21.4 Å². The molecular weight excluding hydrogens is 287 g/mol. The Morgan fingerprint density at radius 2 is 2.25 bits per heavy atom. The molecule has 1 aromatic rings. The van der Waals surface area contributed by atoms with Crippen LogP contribution in [0.15, 0.2) is 18.2 Å². The van der Waals surface area contributed by atoms with E-state index in [1.807, 2.05) is 0 Å². The number of carbonyl (C=O) groups excluding carboxylic acids is 1. The summed E-state index contributed by atoms with van der Waals surface area (Å²) in [6.45, 7) is 1.90. The van der Waals surface area contributed by atoms with Gasteiger partial charge in [-0.15, -0.1) is 0 Å². The van der Waals surface area contributed by atoms with Crippen LogP contribution in [-0.2, 0) is 4.74 Å². The van der Waals surface area contributed by atoms with E-state index in [0.717, 1.165) is 6.07 Å². The van der Waals surface area contributed by atoms with E-state index in [-0.39, 0.29) is 23.9 Å². The predicted octanol–water partition coefficient (Wildman–Crippen LogP) is 2.39. The molecule has 1 aromatic carbocycles. The number of urea groups is 1. The minimum Gasteiger partial charge on any atom is -0.396 e. The highest BCUT2D eigenvalue weighted by Crippen LogP contribution is 2.19. The third-order valence-electron chi connectivity index (χ3n) is 2.72. The Balaban J connectivity index is 2.67. The summed E-state index contributed by atoms with van der Waals surface area (Å²) in [5, 5.41) is 14.2. The van der Waals surface area contributed by atoms with Crippen molar-refractivity contribution in [2.75, 3.05) is 25.6 Å². The monoisotopic (exact) mass is 304 g/mol. The molecule has 0 saturated heterocycles. The van der Waals surface area contributed by atoms with E-state index in [2.05, 4.69) is 10.6 Å². The first kappa shape index (κ1) is 16.7. The molecule has 1 unspecified atom stereocenters. The van der Waals surface area contributed by atoms with E-state index in [1.165, 1.54) is 19.2 Å². The van der Waals surface area contributed by atoms with Crippen LogP contribution >= 0.6 is 11.6 Å². The van der Waals surface area contributed by atoms with Crippen molar-refractivity contribution in [2.45, 2.75) is 18.9 Å². The number of benzene rings is 1. The molecular formula is C13H18ClFN2O3. The molecule has 0 spiro atoms. The molecule has 0 saturated carbocycles. The Kier molecular flexibility index (Phi) is 6.19. The summed E-state index contributed by atoms with van der Waals surface area (Å²) in [6.07, 6.45) is 0.337. The molecule has 0 aromatic heterocycles. The van der Waals surface area contributed by atoms with Crippen molar-refractivity contribution in [1.29, 1.82) is 0 Å². The zero-order chi connectivity index (χ0) is 15.2. The van der Waals surface area contributed by atoms with Crippen molar-refractivity contribution in [3.05, 3.63) is 29.0 Å². The van der Waals surface area contributed by atoms with Crippen LogP contribution in [0.1, 0.15) is 13.3 Å². The van der Waals surface area contributed by atoms with E-state index < -0.39 is 17.4 Å². The molecule has 0 aliphatic heterocycles. The van der Waals surface area contributed by atoms with Gasteiger partial charge in [0.2, 0.25) is 0 Å². The summed E-state index contributed by atoms with van der Waals surface area (Å²) in [5.41, 5.74) is -0.424. The van der Waals surface area contributed by atoms with Crippen LogP contribution in [0.4, 0.5) is 14.9 Å². The Labute approximate surface area is 122 Å². The van der Waals surface area contributed by atoms with Gasteiger partial charge in [0.25, 0.3) is 0 Å². The maximum Gasteiger partial charge on any atom is 0.319 e. The highest BCUT2D eigenvalue weighted by Gasteiger charge is 2.25. The smallest absolute Gasteiger partial charge is 0.319 e. The predicted molar refractivity (Wildman–Crippen MR) is 75.5 cm³/mol. The van der Waals surface area contributed by atoms with Crippen molar-refractivity contribution in [1.82, 2.24) is 5.32 Å². The summed E-state index contributed by atoms with van der Waals surface area (Å²) < 4.78 is 18.3. The molecule has 7 heteroatoms. The number of methoxy groups -OCH3 is 1. The van der Waals surface area contributed by atoms with Crippen LogP contribution in [0.2, 0.25) is 5.02 Å². The average Bonchev–Trinajstić information content (AvgIpc) is 2.34. The van der Waals surface area contributed by atoms with Gasteiger partial charge in [0.1, 0.15) is 5.82 Å². The normalized spacial score (nSPS) is 13.7. The number of halogens is 2. The summed E-state index contributed by atoms with van der Waals surface area (Å²) in [6, 6.07) is 3.46. The van der Waals surface area contributed by atoms with Crippen LogP contribution in [0.25, 0.3) is 0 Å². The van der Waals surface area contributed by atoms with Crippen molar-refractivity contribution in [3.8, 4) is 0 Å². The van der Waals surface area contributed by atoms with E-state index >= 15 is 0 Å². The van der Waals surface area contributed by atoms with Crippen molar-refractivity contribution >= 4 is 23.3 Å². The van der Waals surface area contributed by atoms with Gasteiger partial charge in [0.05, 0.1) is 17.2 Å². The second kappa shape index (κ2) is 7.42. The third-order valence-corrected chi connectivity index (χ3v) is 3.03. The van der Waals surface area contributed by atoms with Gasteiger partial charge < -0.3 is 20.5 Å². The molecule has 5 nitrogen and oxygen atoms in total. The van der Waals surface area contributed by atoms with Crippen LogP contribution in [0, 0.1) is 5.82 Å². The Hall–Kier alpha value is -1.37. The molecule has 112 valence electrons. The number of aliphatic hydroxyl groups excluding tert-OH is 1. The van der Waals surface area contributed by atoms with Gasteiger partial charge in [0.15, 0.2) is 0 Å². The number of anilines is 1. The summed E-state index contributed by atoms with van der Waals surface area (Å²) in [5.74, 6) is -0.612. The fourth-order valence-electron chi connectivity index (χ4n) is 1.75. The molecule has 1 rings (SSSR count). The van der Waals surface area contributed by atoms with E-state index in [0.29, 0.717) is 6.42 Å². The SMILES string of the molecule is COCC(C)(CCO)NC(=O)Nc1ccc(Cl)c(F)c1. The second-order valence-corrected chi connectivity index (χ2v) is 5.08. The van der Waals surface area contributed by atoms with Crippen molar-refractivity contribution < 1.29 is 19.0 Å². The van der Waals surface area contributed by atoms with Crippen molar-refractivity contribution in [3.63, 3.8) is 0 Å². The summed E-state index contributed by atoms with van der Waals surface area (Å²) in [7, 11) is 1.50. The van der Waals surface area contributed by atoms with Crippen molar-refractivity contribution in [2.24, 2.45) is 0 Å². The number of hydrogen-bond donors (Lipinski definition) is 3. The zero-order valence-corrected chi connectivity index (χ0v) is 12.1. The molecule has 0 bridgehead atoms. The lowest BCUT2D eigenvalue weighted by Gasteiger charge is -2.29. The topological polar surface area (TPSA) is 70.6 Å². The number of rotatable bonds is 6. The molecule has 1 atom stereocenters. The third kappa shape index (κ3) is 4.96. The number of carbonyl (C=O) groups is 1. The minimum atomic E-state index is -0.710. The molecule has 20 heavy (non-hydrogen) atoms. The highest BCUT2D eigenvalue weighted by atomic mass is 35.5. The first-order valence-electron chi connectivity index (χ1n) is 6.04. The molecule has 3 N–H and O–H groups in total. The second-order valence-electron chi connectivity index (χ2n) is 4.68. The van der Waals surface area contributed by atoms with Crippen LogP contribution < -0.4 is 10.6 Å². The van der Waals surface area contributed by atoms with Gasteiger partial charge in [-0.3, -0.25) is 0 Å². The Bertz CT molecular complexity index is 465. The number of hydrogen-bond acceptors (Lipinski definition) is 3. The molecule has 0 aliphatic carbocycles. The van der Waals surface area contributed by atoms with E-state index in [1.54, 1.807) is 6.92 Å². The highest BCUT2D eigenvalue weighted by molar-refractivity contribution is 6.30. The number of ether oxygens (including phenoxy) is 1. The van der Waals surface area contributed by atoms with Gasteiger partial charge in [0, 0.05) is 19.4 Å². The molecule has 2 amide bonds. The van der Waals surface area contributed by atoms with Crippen LogP contribution in [0.5, 0.6) is 0 Å². The fraction of sp³-hybridized carbons (Fsp3) is 0.462. The maximum atomic E-state index is 13.3. The number of amides is 2. The first-order valence-corrected chi connectivity index (χ1v) is 6.42. The van der Waals surface area contributed by atoms with Crippen LogP contribution in [-0.4, -0.2) is 37.0 Å². The standard InChI is InChI=1S/C13H18ClFN2O3/c1-13(5-6-18,8-20-2)17-12(19)16-9-3-4-10(14)11(15)7-9/h3-4,7,18H,5-6,8H2,1-2H3,(H2,16,17,19). The first-order chi connectivity index (χ1) is 9.40. The average molecular weight is 305 g/mol. The van der Waals surface area contributed by atoms with Gasteiger partial charge >= 0.3 is 6.03 Å². The Morgan fingerprint density at radius 1 is 1.55 bits per heavy atom. The quantitative estimate of drug-likeness (QED) is 0.756. The molecule has 0 radical (unpaired) electrons. The van der Waals surface area contributed by atoms with E-state index in [9.17, 15) is 9.18 Å². The van der Waals surface area contributed by atoms with Gasteiger partial charge in [-0.1, -0.05) is 11.6 Å². The molecule has 0 aliphatic rings. The fourth-order valence-corrected chi connectivity index (χ4v) is 1.86. The van der Waals surface area contributed by atoms with Gasteiger partial charge in [-0.05, 0) is 31.5 Å². The maximum absolute atomic E-state index is 13.3. The van der Waals surface area contributed by atoms with Crippen LogP contribution in [0.3, 0.4) is 0 Å². The lowest BCUT2D eigenvalue weighted by molar-refractivity contribution is 0.104. The summed E-state index contributed by atoms with van der Waals surface area (Å²) in [4.78, 5) is 11.9. The summed E-state index contributed by atoms with van der Waals surface area (Å²) >= 11 is 5.56. The lowest BCUT2D eigenvalue weighted by Crippen LogP contribution is -2.51. The largest absolute Gasteiger partial charge is 0.396 e. The number of aliphatic hydroxyl groups is 1. The molecule has 0 heterocycles. The lowest BCUT2D eigenvalue weighted by atomic mass is 10.00. The van der Waals surface area contributed by atoms with Gasteiger partial charge in [-0.25, -0.2) is 9.18 Å². The minimum absolute atomic E-state index is 0.0135.